The number of hydrogen-bond donors (Lipinski definition) is 0. The minimum atomic E-state index is -0.983. The minimum absolute atomic E-state index is 0.0602. The molecule has 0 aromatic heterocycles. The molecule has 0 aromatic carbocycles. The number of hydrogen-bond acceptors (Lipinski definition) is 4. The summed E-state index contributed by atoms with van der Waals surface area (Å²) in [6.45, 7) is 0. The Morgan fingerprint density at radius 1 is 0.778 bits per heavy atom. The van der Waals surface area contributed by atoms with Crippen LogP contribution in [-0.4, -0.2) is 24.1 Å². The highest BCUT2D eigenvalue weighted by molar-refractivity contribution is 6.00. The predicted octanol–water partition coefficient (Wildman–Crippen LogP) is 2.35. The molecule has 3 fully saturated rings. The van der Waals surface area contributed by atoms with E-state index in [4.69, 9.17) is 9.47 Å². The molecule has 0 aromatic rings. The minimum Gasteiger partial charge on any atom is -0.462 e. The first kappa shape index (κ1) is 12.0. The fourth-order valence-corrected chi connectivity index (χ4v) is 2.55. The van der Waals surface area contributed by atoms with Crippen molar-refractivity contribution in [1.29, 1.82) is 0 Å². The van der Waals surface area contributed by atoms with Gasteiger partial charge in [0, 0.05) is 0 Å². The molecule has 0 radical (unpaired) electrons. The smallest absolute Gasteiger partial charge is 0.323 e. The summed E-state index contributed by atoms with van der Waals surface area (Å²) in [5.41, 5.74) is -0.983. The maximum absolute atomic E-state index is 12.3. The lowest BCUT2D eigenvalue weighted by molar-refractivity contribution is -0.176. The van der Waals surface area contributed by atoms with Crippen LogP contribution in [0.15, 0.2) is 0 Å². The molecule has 0 amide bonds. The van der Waals surface area contributed by atoms with Gasteiger partial charge in [-0.25, -0.2) is 0 Å². The molecule has 4 nitrogen and oxygen atoms in total. The highest BCUT2D eigenvalue weighted by atomic mass is 16.6. The molecule has 3 saturated carbocycles. The first-order valence-electron chi connectivity index (χ1n) is 7.13. The van der Waals surface area contributed by atoms with Crippen molar-refractivity contribution in [1.82, 2.24) is 0 Å². The Hall–Kier alpha value is -1.06. The van der Waals surface area contributed by atoms with Crippen molar-refractivity contribution in [2.45, 2.75) is 70.0 Å². The summed E-state index contributed by atoms with van der Waals surface area (Å²) in [5, 5.41) is 0. The topological polar surface area (TPSA) is 52.6 Å². The Balaban J connectivity index is 1.72. The Morgan fingerprint density at radius 2 is 1.22 bits per heavy atom. The van der Waals surface area contributed by atoms with E-state index in [2.05, 4.69) is 0 Å². The third-order valence-electron chi connectivity index (χ3n) is 4.08. The van der Waals surface area contributed by atoms with Gasteiger partial charge in [0.05, 0.1) is 0 Å². The van der Waals surface area contributed by atoms with Gasteiger partial charge in [0.15, 0.2) is 5.41 Å². The van der Waals surface area contributed by atoms with Crippen molar-refractivity contribution in [2.24, 2.45) is 5.41 Å². The predicted molar refractivity (Wildman–Crippen MR) is 63.7 cm³/mol. The van der Waals surface area contributed by atoms with Gasteiger partial charge in [-0.1, -0.05) is 19.3 Å². The lowest BCUT2D eigenvalue weighted by atomic mass is 9.74. The van der Waals surface area contributed by atoms with E-state index in [1.54, 1.807) is 0 Å². The van der Waals surface area contributed by atoms with E-state index in [1.165, 1.54) is 0 Å². The lowest BCUT2D eigenvalue weighted by Gasteiger charge is -2.32. The van der Waals surface area contributed by atoms with Gasteiger partial charge in [-0.05, 0) is 38.5 Å². The number of rotatable bonds is 4. The van der Waals surface area contributed by atoms with Crippen LogP contribution < -0.4 is 0 Å². The molecule has 0 unspecified atom stereocenters. The van der Waals surface area contributed by atoms with Gasteiger partial charge in [0.1, 0.15) is 12.2 Å². The second kappa shape index (κ2) is 4.56. The van der Waals surface area contributed by atoms with Crippen molar-refractivity contribution in [3.8, 4) is 0 Å². The SMILES string of the molecule is O=C(OC1CC1)C1(C(=O)OC2CC2)CCCCC1. The number of carbonyl (C=O) groups is 2. The molecule has 3 rings (SSSR count). The molecule has 0 saturated heterocycles. The van der Waals surface area contributed by atoms with Crippen molar-refractivity contribution < 1.29 is 19.1 Å². The molecule has 0 heterocycles. The summed E-state index contributed by atoms with van der Waals surface area (Å²) in [4.78, 5) is 24.6. The molecular formula is C14H20O4. The molecule has 18 heavy (non-hydrogen) atoms. The van der Waals surface area contributed by atoms with Crippen LogP contribution in [0.5, 0.6) is 0 Å². The van der Waals surface area contributed by atoms with Crippen molar-refractivity contribution in [2.75, 3.05) is 0 Å². The van der Waals surface area contributed by atoms with Crippen molar-refractivity contribution in [3.05, 3.63) is 0 Å². The summed E-state index contributed by atoms with van der Waals surface area (Å²) in [7, 11) is 0. The van der Waals surface area contributed by atoms with Gasteiger partial charge in [0.25, 0.3) is 0 Å². The molecule has 0 atom stereocenters. The van der Waals surface area contributed by atoms with Crippen LogP contribution in [0.2, 0.25) is 0 Å². The van der Waals surface area contributed by atoms with Gasteiger partial charge in [-0.2, -0.15) is 0 Å². The van der Waals surface area contributed by atoms with Crippen molar-refractivity contribution >= 4 is 11.9 Å². The first-order valence-corrected chi connectivity index (χ1v) is 7.13. The Kier molecular flexibility index (Phi) is 3.04. The van der Waals surface area contributed by atoms with Crippen LogP contribution in [0.3, 0.4) is 0 Å². The zero-order chi connectivity index (χ0) is 12.6. The molecule has 0 N–H and O–H groups in total. The second-order valence-corrected chi connectivity index (χ2v) is 5.85. The van der Waals surface area contributed by atoms with E-state index in [9.17, 15) is 9.59 Å². The van der Waals surface area contributed by atoms with E-state index in [0.29, 0.717) is 12.8 Å². The van der Waals surface area contributed by atoms with E-state index in [1.807, 2.05) is 0 Å². The fraction of sp³-hybridized carbons (Fsp3) is 0.857. The van der Waals surface area contributed by atoms with Crippen LogP contribution in [0.25, 0.3) is 0 Å². The molecule has 0 aliphatic heterocycles. The van der Waals surface area contributed by atoms with Gasteiger partial charge in [-0.3, -0.25) is 9.59 Å². The zero-order valence-electron chi connectivity index (χ0n) is 10.7. The second-order valence-electron chi connectivity index (χ2n) is 5.85. The number of esters is 2. The summed E-state index contributed by atoms with van der Waals surface area (Å²) in [5.74, 6) is -0.647. The summed E-state index contributed by atoms with van der Waals surface area (Å²) in [6, 6.07) is 0. The van der Waals surface area contributed by atoms with Gasteiger partial charge >= 0.3 is 11.9 Å². The Morgan fingerprint density at radius 3 is 1.61 bits per heavy atom. The Bertz CT molecular complexity index is 321. The molecular weight excluding hydrogens is 232 g/mol. The monoisotopic (exact) mass is 252 g/mol. The van der Waals surface area contributed by atoms with Crippen LogP contribution >= 0.6 is 0 Å². The lowest BCUT2D eigenvalue weighted by Crippen LogP contribution is -2.44. The number of carbonyl (C=O) groups excluding carboxylic acids is 2. The third kappa shape index (κ3) is 2.38. The fourth-order valence-electron chi connectivity index (χ4n) is 2.55. The largest absolute Gasteiger partial charge is 0.462 e. The standard InChI is InChI=1S/C14H20O4/c15-12(17-10-4-5-10)14(8-2-1-3-9-14)13(16)18-11-6-7-11/h10-11H,1-9H2. The van der Waals surface area contributed by atoms with E-state index in [0.717, 1.165) is 44.9 Å². The number of ether oxygens (including phenoxy) is 2. The van der Waals surface area contributed by atoms with Crippen LogP contribution in [0.1, 0.15) is 57.8 Å². The zero-order valence-corrected chi connectivity index (χ0v) is 10.7. The average molecular weight is 252 g/mol. The molecule has 100 valence electrons. The molecule has 0 spiro atoms. The van der Waals surface area contributed by atoms with Crippen LogP contribution in [0, 0.1) is 5.41 Å². The first-order chi connectivity index (χ1) is 8.71. The normalized spacial score (nSPS) is 26.4. The van der Waals surface area contributed by atoms with Crippen LogP contribution in [0.4, 0.5) is 0 Å². The van der Waals surface area contributed by atoms with Gasteiger partial charge in [-0.15, -0.1) is 0 Å². The summed E-state index contributed by atoms with van der Waals surface area (Å²) >= 11 is 0. The molecule has 3 aliphatic carbocycles. The maximum Gasteiger partial charge on any atom is 0.323 e. The van der Waals surface area contributed by atoms with Gasteiger partial charge < -0.3 is 9.47 Å². The quantitative estimate of drug-likeness (QED) is 0.569. The van der Waals surface area contributed by atoms with Crippen LogP contribution in [-0.2, 0) is 19.1 Å². The average Bonchev–Trinajstić information content (AvgIpc) is 3.25. The summed E-state index contributed by atoms with van der Waals surface area (Å²) in [6.07, 6.45) is 8.02. The molecule has 3 aliphatic rings. The highest BCUT2D eigenvalue weighted by Gasteiger charge is 2.51. The summed E-state index contributed by atoms with van der Waals surface area (Å²) < 4.78 is 10.8. The van der Waals surface area contributed by atoms with E-state index in [-0.39, 0.29) is 24.1 Å². The maximum atomic E-state index is 12.3. The van der Waals surface area contributed by atoms with E-state index < -0.39 is 5.41 Å². The van der Waals surface area contributed by atoms with E-state index >= 15 is 0 Å². The molecule has 0 bridgehead atoms. The highest BCUT2D eigenvalue weighted by Crippen LogP contribution is 2.42. The van der Waals surface area contributed by atoms with Crippen molar-refractivity contribution in [3.63, 3.8) is 0 Å². The third-order valence-corrected chi connectivity index (χ3v) is 4.08. The molecule has 4 heteroatoms. The van der Waals surface area contributed by atoms with Gasteiger partial charge in [0.2, 0.25) is 0 Å². The Labute approximate surface area is 107 Å².